The van der Waals surface area contributed by atoms with E-state index < -0.39 is 0 Å². The van der Waals surface area contributed by atoms with E-state index in [4.69, 9.17) is 4.74 Å². The number of nitrogens with zero attached hydrogens (tertiary/aromatic N) is 4. The van der Waals surface area contributed by atoms with Gasteiger partial charge in [-0.3, -0.25) is 4.79 Å². The molecule has 0 radical (unpaired) electrons. The summed E-state index contributed by atoms with van der Waals surface area (Å²) in [4.78, 5) is 18.7. The van der Waals surface area contributed by atoms with Crippen molar-refractivity contribution in [1.82, 2.24) is 19.5 Å². The van der Waals surface area contributed by atoms with Gasteiger partial charge in [-0.25, -0.2) is 9.37 Å². The first-order valence-corrected chi connectivity index (χ1v) is 9.81. The Morgan fingerprint density at radius 2 is 2.07 bits per heavy atom. The zero-order chi connectivity index (χ0) is 19.5. The quantitative estimate of drug-likeness (QED) is 0.650. The Labute approximate surface area is 169 Å². The molecule has 1 amide bonds. The second kappa shape index (κ2) is 8.24. The number of ether oxygens (including phenoxy) is 1. The zero-order valence-electron chi connectivity index (χ0n) is 15.1. The van der Waals surface area contributed by atoms with E-state index in [1.165, 1.54) is 6.07 Å². The van der Waals surface area contributed by atoms with E-state index in [2.05, 4.69) is 31.3 Å². The van der Waals surface area contributed by atoms with Crippen LogP contribution in [0.1, 0.15) is 6.42 Å². The van der Waals surface area contributed by atoms with Gasteiger partial charge >= 0.3 is 0 Å². The van der Waals surface area contributed by atoms with E-state index in [9.17, 15) is 9.18 Å². The van der Waals surface area contributed by atoms with Crippen molar-refractivity contribution >= 4 is 33.3 Å². The predicted molar refractivity (Wildman–Crippen MR) is 107 cm³/mol. The molecule has 1 saturated heterocycles. The molecule has 28 heavy (non-hydrogen) atoms. The van der Waals surface area contributed by atoms with Crippen LogP contribution in [0.3, 0.4) is 0 Å². The normalized spacial score (nSPS) is 14.4. The zero-order valence-corrected chi connectivity index (χ0v) is 16.7. The van der Waals surface area contributed by atoms with Gasteiger partial charge in [0, 0.05) is 37.7 Å². The first-order valence-electron chi connectivity index (χ1n) is 9.02. The molecular formula is C19H19BrFN5O2. The first kappa shape index (κ1) is 18.8. The number of benzene rings is 1. The summed E-state index contributed by atoms with van der Waals surface area (Å²) in [5, 5.41) is 7.54. The summed E-state index contributed by atoms with van der Waals surface area (Å²) in [7, 11) is 0. The summed E-state index contributed by atoms with van der Waals surface area (Å²) in [5.41, 5.74) is 1.47. The minimum absolute atomic E-state index is 0.0806. The van der Waals surface area contributed by atoms with Crippen molar-refractivity contribution in [2.24, 2.45) is 0 Å². The van der Waals surface area contributed by atoms with Crippen LogP contribution in [-0.2, 0) is 9.53 Å². The van der Waals surface area contributed by atoms with Gasteiger partial charge in [0.15, 0.2) is 5.65 Å². The van der Waals surface area contributed by atoms with Gasteiger partial charge in [-0.05, 0) is 28.1 Å². The molecule has 0 saturated carbocycles. The summed E-state index contributed by atoms with van der Waals surface area (Å²) in [6.07, 6.45) is 1.98. The Balaban J connectivity index is 1.56. The highest BCUT2D eigenvalue weighted by atomic mass is 79.9. The van der Waals surface area contributed by atoms with Crippen LogP contribution >= 0.6 is 15.9 Å². The maximum Gasteiger partial charge on any atom is 0.224 e. The topological polar surface area (TPSA) is 71.8 Å². The predicted octanol–water partition coefficient (Wildman–Crippen LogP) is 2.96. The molecule has 7 nitrogen and oxygen atoms in total. The molecule has 1 N–H and O–H groups in total. The van der Waals surface area contributed by atoms with Crippen LogP contribution in [0.2, 0.25) is 0 Å². The van der Waals surface area contributed by atoms with E-state index in [1.54, 1.807) is 35.0 Å². The number of amides is 1. The van der Waals surface area contributed by atoms with Crippen molar-refractivity contribution in [2.75, 3.05) is 38.2 Å². The van der Waals surface area contributed by atoms with Gasteiger partial charge in [0.25, 0.3) is 0 Å². The third-order valence-corrected chi connectivity index (χ3v) is 5.15. The number of anilines is 1. The summed E-state index contributed by atoms with van der Waals surface area (Å²) in [6, 6.07) is 8.24. The Bertz CT molecular complexity index is 1000. The van der Waals surface area contributed by atoms with Crippen molar-refractivity contribution in [2.45, 2.75) is 6.42 Å². The number of hydrogen-bond acceptors (Lipinski definition) is 5. The number of halogens is 2. The van der Waals surface area contributed by atoms with Crippen molar-refractivity contribution in [3.8, 4) is 11.3 Å². The Morgan fingerprint density at radius 1 is 1.29 bits per heavy atom. The largest absolute Gasteiger partial charge is 0.378 e. The number of carbonyl (C=O) groups is 1. The standard InChI is InChI=1S/C19H19BrFN5O2/c20-14-12-23-26-17(22-6-5-18(27)25-7-9-28-10-8-25)11-16(24-19(14)26)13-3-1-2-4-15(13)21/h1-4,11-12,22H,5-10H2. The number of hydrogen-bond donors (Lipinski definition) is 1. The van der Waals surface area contributed by atoms with E-state index in [1.807, 2.05) is 4.90 Å². The van der Waals surface area contributed by atoms with Crippen molar-refractivity contribution in [1.29, 1.82) is 0 Å². The third kappa shape index (κ3) is 3.85. The van der Waals surface area contributed by atoms with Crippen molar-refractivity contribution in [3.63, 3.8) is 0 Å². The molecule has 1 aliphatic rings. The second-order valence-corrected chi connectivity index (χ2v) is 7.26. The minimum Gasteiger partial charge on any atom is -0.378 e. The van der Waals surface area contributed by atoms with Crippen LogP contribution in [0.15, 0.2) is 41.0 Å². The van der Waals surface area contributed by atoms with E-state index in [-0.39, 0.29) is 11.7 Å². The van der Waals surface area contributed by atoms with E-state index in [0.29, 0.717) is 66.5 Å². The number of morpholine rings is 1. The molecule has 0 aliphatic carbocycles. The molecule has 0 atom stereocenters. The number of nitrogens with one attached hydrogen (secondary N) is 1. The fourth-order valence-corrected chi connectivity index (χ4v) is 3.49. The van der Waals surface area contributed by atoms with Crippen LogP contribution in [0.25, 0.3) is 16.9 Å². The van der Waals surface area contributed by atoms with Crippen LogP contribution in [-0.4, -0.2) is 58.3 Å². The van der Waals surface area contributed by atoms with Crippen LogP contribution in [0, 0.1) is 5.82 Å². The van der Waals surface area contributed by atoms with Gasteiger partial charge in [0.05, 0.1) is 29.6 Å². The van der Waals surface area contributed by atoms with Crippen molar-refractivity contribution in [3.05, 3.63) is 46.8 Å². The average molecular weight is 448 g/mol. The third-order valence-electron chi connectivity index (χ3n) is 4.59. The lowest BCUT2D eigenvalue weighted by molar-refractivity contribution is -0.134. The second-order valence-electron chi connectivity index (χ2n) is 6.40. The van der Waals surface area contributed by atoms with E-state index >= 15 is 0 Å². The lowest BCUT2D eigenvalue weighted by atomic mass is 10.1. The molecule has 146 valence electrons. The van der Waals surface area contributed by atoms with Crippen LogP contribution in [0.4, 0.5) is 10.2 Å². The molecule has 9 heteroatoms. The molecule has 2 aromatic heterocycles. The molecule has 4 rings (SSSR count). The molecule has 1 aliphatic heterocycles. The Morgan fingerprint density at radius 3 is 2.86 bits per heavy atom. The summed E-state index contributed by atoms with van der Waals surface area (Å²) in [5.74, 6) is 0.379. The molecular weight excluding hydrogens is 429 g/mol. The van der Waals surface area contributed by atoms with Crippen molar-refractivity contribution < 1.29 is 13.9 Å². The fourth-order valence-electron chi connectivity index (χ4n) is 3.14. The Kier molecular flexibility index (Phi) is 5.54. The van der Waals surface area contributed by atoms with Gasteiger partial charge in [0.2, 0.25) is 5.91 Å². The highest BCUT2D eigenvalue weighted by molar-refractivity contribution is 9.10. The summed E-state index contributed by atoms with van der Waals surface area (Å²) < 4.78 is 21.9. The lowest BCUT2D eigenvalue weighted by Crippen LogP contribution is -2.41. The van der Waals surface area contributed by atoms with Gasteiger partial charge in [-0.1, -0.05) is 12.1 Å². The smallest absolute Gasteiger partial charge is 0.224 e. The first-order chi connectivity index (χ1) is 13.6. The van der Waals surface area contributed by atoms with Crippen LogP contribution in [0.5, 0.6) is 0 Å². The van der Waals surface area contributed by atoms with Gasteiger partial charge in [0.1, 0.15) is 11.6 Å². The highest BCUT2D eigenvalue weighted by Gasteiger charge is 2.17. The minimum atomic E-state index is -0.344. The lowest BCUT2D eigenvalue weighted by Gasteiger charge is -2.26. The Hall–Kier alpha value is -2.52. The summed E-state index contributed by atoms with van der Waals surface area (Å²) >= 11 is 3.43. The number of rotatable bonds is 5. The van der Waals surface area contributed by atoms with Gasteiger partial charge in [-0.15, -0.1) is 0 Å². The number of aromatic nitrogens is 3. The molecule has 1 fully saturated rings. The monoisotopic (exact) mass is 447 g/mol. The maximum absolute atomic E-state index is 14.2. The number of carbonyl (C=O) groups excluding carboxylic acids is 1. The molecule has 0 spiro atoms. The molecule has 0 unspecified atom stereocenters. The maximum atomic E-state index is 14.2. The van der Waals surface area contributed by atoms with Crippen LogP contribution < -0.4 is 5.32 Å². The molecule has 3 aromatic rings. The fraction of sp³-hybridized carbons (Fsp3) is 0.316. The number of fused-ring (bicyclic) bond motifs is 1. The van der Waals surface area contributed by atoms with Gasteiger partial charge in [-0.2, -0.15) is 9.61 Å². The molecule has 3 heterocycles. The molecule has 1 aromatic carbocycles. The SMILES string of the molecule is O=C(CCNc1cc(-c2ccccc2F)nc2c(Br)cnn12)N1CCOCC1. The van der Waals surface area contributed by atoms with Gasteiger partial charge < -0.3 is 15.0 Å². The molecule has 0 bridgehead atoms. The summed E-state index contributed by atoms with van der Waals surface area (Å²) in [6.45, 7) is 2.85. The highest BCUT2D eigenvalue weighted by Crippen LogP contribution is 2.27. The average Bonchev–Trinajstić information content (AvgIpc) is 3.10. The van der Waals surface area contributed by atoms with E-state index in [0.717, 1.165) is 0 Å².